The van der Waals surface area contributed by atoms with Crippen LogP contribution in [-0.4, -0.2) is 37.9 Å². The third-order valence-corrected chi connectivity index (χ3v) is 2.79. The highest BCUT2D eigenvalue weighted by molar-refractivity contribution is 5.85. The second-order valence-corrected chi connectivity index (χ2v) is 4.32. The summed E-state index contributed by atoms with van der Waals surface area (Å²) in [5.74, 6) is 0.593. The second kappa shape index (κ2) is 6.77. The fourth-order valence-electron chi connectivity index (χ4n) is 1.79. The van der Waals surface area contributed by atoms with Crippen LogP contribution < -0.4 is 10.1 Å². The molecule has 0 spiro atoms. The van der Waals surface area contributed by atoms with Crippen LogP contribution in [0.25, 0.3) is 10.8 Å². The van der Waals surface area contributed by atoms with Crippen LogP contribution in [0.5, 0.6) is 11.5 Å². The molecule has 0 atom stereocenters. The highest BCUT2D eigenvalue weighted by Gasteiger charge is 2.03. The van der Waals surface area contributed by atoms with E-state index in [0.717, 1.165) is 10.8 Å². The number of nitrogens with one attached hydrogen (secondary N) is 1. The monoisotopic (exact) mass is 275 g/mol. The van der Waals surface area contributed by atoms with Crippen molar-refractivity contribution in [2.24, 2.45) is 0 Å². The Bertz CT molecular complexity index is 597. The van der Waals surface area contributed by atoms with Crippen LogP contribution in [0.1, 0.15) is 0 Å². The van der Waals surface area contributed by atoms with E-state index in [4.69, 9.17) is 9.47 Å². The zero-order valence-corrected chi connectivity index (χ0v) is 11.3. The molecule has 2 aromatic carbocycles. The van der Waals surface area contributed by atoms with E-state index in [1.54, 1.807) is 31.4 Å². The summed E-state index contributed by atoms with van der Waals surface area (Å²) in [4.78, 5) is 11.5. The fraction of sp³-hybridized carbons (Fsp3) is 0.267. The minimum atomic E-state index is -0.196. The van der Waals surface area contributed by atoms with Gasteiger partial charge in [0, 0.05) is 13.7 Å². The number of amides is 1. The molecular formula is C15H17NO4. The molecule has 0 saturated heterocycles. The molecule has 2 N–H and O–H groups in total. The number of hydrogen-bond donors (Lipinski definition) is 2. The van der Waals surface area contributed by atoms with E-state index in [0.29, 0.717) is 18.9 Å². The first-order chi connectivity index (χ1) is 9.69. The molecule has 0 unspecified atom stereocenters. The second-order valence-electron chi connectivity index (χ2n) is 4.32. The van der Waals surface area contributed by atoms with Gasteiger partial charge in [0.2, 0.25) is 0 Å². The van der Waals surface area contributed by atoms with Gasteiger partial charge < -0.3 is 19.9 Å². The Morgan fingerprint density at radius 3 is 2.80 bits per heavy atom. The number of carbonyl (C=O) groups excluding carboxylic acids is 1. The third-order valence-electron chi connectivity index (χ3n) is 2.79. The van der Waals surface area contributed by atoms with Crippen LogP contribution in [0.15, 0.2) is 36.4 Å². The van der Waals surface area contributed by atoms with E-state index in [1.807, 2.05) is 12.1 Å². The Morgan fingerprint density at radius 1 is 1.20 bits per heavy atom. The molecule has 2 aromatic rings. The Hall–Kier alpha value is -2.27. The molecule has 5 nitrogen and oxygen atoms in total. The first-order valence-corrected chi connectivity index (χ1v) is 6.30. The summed E-state index contributed by atoms with van der Waals surface area (Å²) >= 11 is 0. The van der Waals surface area contributed by atoms with Gasteiger partial charge >= 0.3 is 0 Å². The average molecular weight is 275 g/mol. The van der Waals surface area contributed by atoms with Gasteiger partial charge in [-0.1, -0.05) is 12.1 Å². The largest absolute Gasteiger partial charge is 0.508 e. The van der Waals surface area contributed by atoms with Gasteiger partial charge in [-0.15, -0.1) is 0 Å². The molecule has 0 aliphatic rings. The van der Waals surface area contributed by atoms with Crippen molar-refractivity contribution in [1.82, 2.24) is 5.32 Å². The lowest BCUT2D eigenvalue weighted by molar-refractivity contribution is -0.123. The molecule has 0 aliphatic carbocycles. The van der Waals surface area contributed by atoms with Crippen molar-refractivity contribution in [2.75, 3.05) is 26.9 Å². The average Bonchev–Trinajstić information content (AvgIpc) is 2.45. The molecule has 0 fully saturated rings. The number of phenolic OH excluding ortho intramolecular Hbond substituents is 1. The Morgan fingerprint density at radius 2 is 2.00 bits per heavy atom. The standard InChI is InChI=1S/C15H17NO4/c1-19-7-6-16-15(18)10-20-14-5-3-11-2-4-13(17)8-12(11)9-14/h2-5,8-9,17H,6-7,10H2,1H3,(H,16,18). The lowest BCUT2D eigenvalue weighted by Crippen LogP contribution is -2.31. The molecular weight excluding hydrogens is 258 g/mol. The molecule has 0 saturated carbocycles. The van der Waals surface area contributed by atoms with Crippen LogP contribution in [0.3, 0.4) is 0 Å². The number of phenols is 1. The minimum Gasteiger partial charge on any atom is -0.508 e. The summed E-state index contributed by atoms with van der Waals surface area (Å²) in [6, 6.07) is 10.6. The van der Waals surface area contributed by atoms with Gasteiger partial charge in [-0.25, -0.2) is 0 Å². The maximum atomic E-state index is 11.5. The summed E-state index contributed by atoms with van der Waals surface area (Å²) in [6.45, 7) is 0.888. The number of fused-ring (bicyclic) bond motifs is 1. The van der Waals surface area contributed by atoms with Crippen LogP contribution in [-0.2, 0) is 9.53 Å². The van der Waals surface area contributed by atoms with Crippen LogP contribution >= 0.6 is 0 Å². The molecule has 0 radical (unpaired) electrons. The fourth-order valence-corrected chi connectivity index (χ4v) is 1.79. The first-order valence-electron chi connectivity index (χ1n) is 6.30. The topological polar surface area (TPSA) is 67.8 Å². The van der Waals surface area contributed by atoms with Crippen molar-refractivity contribution >= 4 is 16.7 Å². The zero-order chi connectivity index (χ0) is 14.4. The van der Waals surface area contributed by atoms with Crippen molar-refractivity contribution in [3.05, 3.63) is 36.4 Å². The van der Waals surface area contributed by atoms with E-state index >= 15 is 0 Å². The molecule has 0 bridgehead atoms. The first kappa shape index (κ1) is 14.1. The smallest absolute Gasteiger partial charge is 0.258 e. The summed E-state index contributed by atoms with van der Waals surface area (Å²) in [5.41, 5.74) is 0. The van der Waals surface area contributed by atoms with Gasteiger partial charge in [0.25, 0.3) is 5.91 Å². The molecule has 106 valence electrons. The Balaban J connectivity index is 1.94. The summed E-state index contributed by atoms with van der Waals surface area (Å²) in [7, 11) is 1.58. The molecule has 2 rings (SSSR count). The highest BCUT2D eigenvalue weighted by atomic mass is 16.5. The lowest BCUT2D eigenvalue weighted by Gasteiger charge is -2.08. The van der Waals surface area contributed by atoms with Gasteiger partial charge in [-0.05, 0) is 35.0 Å². The van der Waals surface area contributed by atoms with Gasteiger partial charge in [0.1, 0.15) is 11.5 Å². The number of hydrogen-bond acceptors (Lipinski definition) is 4. The van der Waals surface area contributed by atoms with Gasteiger partial charge in [0.05, 0.1) is 6.61 Å². The predicted molar refractivity (Wildman–Crippen MR) is 76.0 cm³/mol. The Kier molecular flexibility index (Phi) is 4.79. The normalized spacial score (nSPS) is 10.4. The molecule has 0 aromatic heterocycles. The van der Waals surface area contributed by atoms with Crippen LogP contribution in [0, 0.1) is 0 Å². The molecule has 0 heterocycles. The number of ether oxygens (including phenoxy) is 2. The molecule has 20 heavy (non-hydrogen) atoms. The van der Waals surface area contributed by atoms with Crippen LogP contribution in [0.2, 0.25) is 0 Å². The van der Waals surface area contributed by atoms with Crippen molar-refractivity contribution in [3.63, 3.8) is 0 Å². The Labute approximate surface area is 117 Å². The number of benzene rings is 2. The SMILES string of the molecule is COCCNC(=O)COc1ccc2ccc(O)cc2c1. The summed E-state index contributed by atoms with van der Waals surface area (Å²) in [5, 5.41) is 14.0. The third kappa shape index (κ3) is 3.86. The van der Waals surface area contributed by atoms with Gasteiger partial charge in [-0.3, -0.25) is 4.79 Å². The van der Waals surface area contributed by atoms with Crippen molar-refractivity contribution in [1.29, 1.82) is 0 Å². The number of carbonyl (C=O) groups is 1. The van der Waals surface area contributed by atoms with E-state index < -0.39 is 0 Å². The maximum absolute atomic E-state index is 11.5. The molecule has 1 amide bonds. The van der Waals surface area contributed by atoms with Gasteiger partial charge in [0.15, 0.2) is 6.61 Å². The molecule has 5 heteroatoms. The zero-order valence-electron chi connectivity index (χ0n) is 11.3. The van der Waals surface area contributed by atoms with Crippen LogP contribution in [0.4, 0.5) is 0 Å². The molecule has 0 aliphatic heterocycles. The van der Waals surface area contributed by atoms with E-state index in [2.05, 4.69) is 5.32 Å². The number of rotatable bonds is 6. The lowest BCUT2D eigenvalue weighted by atomic mass is 10.1. The minimum absolute atomic E-state index is 0.0476. The van der Waals surface area contributed by atoms with Gasteiger partial charge in [-0.2, -0.15) is 0 Å². The summed E-state index contributed by atoms with van der Waals surface area (Å²) < 4.78 is 10.2. The highest BCUT2D eigenvalue weighted by Crippen LogP contribution is 2.24. The number of methoxy groups -OCH3 is 1. The van der Waals surface area contributed by atoms with Crippen molar-refractivity contribution in [2.45, 2.75) is 0 Å². The predicted octanol–water partition coefficient (Wildman–Crippen LogP) is 1.69. The number of aromatic hydroxyl groups is 1. The quantitative estimate of drug-likeness (QED) is 0.787. The summed E-state index contributed by atoms with van der Waals surface area (Å²) in [6.07, 6.45) is 0. The van der Waals surface area contributed by atoms with Crippen molar-refractivity contribution in [3.8, 4) is 11.5 Å². The van der Waals surface area contributed by atoms with E-state index in [1.165, 1.54) is 0 Å². The van der Waals surface area contributed by atoms with E-state index in [-0.39, 0.29) is 18.3 Å². The van der Waals surface area contributed by atoms with E-state index in [9.17, 15) is 9.90 Å². The maximum Gasteiger partial charge on any atom is 0.258 e. The van der Waals surface area contributed by atoms with Crippen molar-refractivity contribution < 1.29 is 19.4 Å².